The number of aromatic nitrogens is 3. The molecule has 3 aromatic rings. The van der Waals surface area contributed by atoms with Gasteiger partial charge in [0.2, 0.25) is 11.0 Å². The van der Waals surface area contributed by atoms with Crippen molar-refractivity contribution in [2.24, 2.45) is 0 Å². The number of anilines is 1. The molecule has 0 spiro atoms. The molecule has 2 heterocycles. The van der Waals surface area contributed by atoms with E-state index in [4.69, 9.17) is 4.74 Å². The average molecular weight is 475 g/mol. The minimum absolute atomic E-state index is 0.290. The highest BCUT2D eigenvalue weighted by Gasteiger charge is 2.26. The Morgan fingerprint density at radius 2 is 1.97 bits per heavy atom. The van der Waals surface area contributed by atoms with E-state index in [9.17, 15) is 4.39 Å². The van der Waals surface area contributed by atoms with Gasteiger partial charge >= 0.3 is 0 Å². The van der Waals surface area contributed by atoms with Crippen molar-refractivity contribution in [3.05, 3.63) is 58.3 Å². The van der Waals surface area contributed by atoms with Gasteiger partial charge in [-0.3, -0.25) is 0 Å². The fourth-order valence-corrected chi connectivity index (χ4v) is 4.17. The third kappa shape index (κ3) is 4.70. The molecule has 0 unspecified atom stereocenters. The number of ether oxygens (including phenoxy) is 1. The van der Waals surface area contributed by atoms with Gasteiger partial charge in [0.25, 0.3) is 0 Å². The van der Waals surface area contributed by atoms with Crippen molar-refractivity contribution in [1.29, 1.82) is 0 Å². The lowest BCUT2D eigenvalue weighted by molar-refractivity contribution is 0.225. The molecule has 2 aromatic carbocycles. The van der Waals surface area contributed by atoms with Gasteiger partial charge in [-0.2, -0.15) is 4.98 Å². The van der Waals surface area contributed by atoms with E-state index in [-0.39, 0.29) is 5.82 Å². The van der Waals surface area contributed by atoms with Crippen LogP contribution >= 0.6 is 27.7 Å². The van der Waals surface area contributed by atoms with Crippen molar-refractivity contribution < 1.29 is 9.13 Å². The quantitative estimate of drug-likeness (QED) is 0.337. The number of thioether (sulfide) groups is 1. The lowest BCUT2D eigenvalue weighted by Gasteiger charge is -2.19. The minimum Gasteiger partial charge on any atom is -0.448 e. The lowest BCUT2D eigenvalue weighted by atomic mass is 10.1. The molecule has 0 aliphatic carbocycles. The van der Waals surface area contributed by atoms with Crippen LogP contribution in [0.25, 0.3) is 11.3 Å². The van der Waals surface area contributed by atoms with Crippen LogP contribution in [0, 0.1) is 5.82 Å². The standard InChI is InChI=1S/C21H20BrFN4OS/c1-2-3-4-11-29-21-25-20-18(26-27-21)16-12-14(22)7-10-17(16)24-19(28-20)13-5-8-15(23)9-6-13/h5-10,12,19,24H,2-4,11H2,1H3/t19-/m1/s1. The summed E-state index contributed by atoms with van der Waals surface area (Å²) in [6, 6.07) is 12.1. The number of hydrogen-bond acceptors (Lipinski definition) is 6. The number of nitrogens with one attached hydrogen (secondary N) is 1. The van der Waals surface area contributed by atoms with E-state index in [2.05, 4.69) is 43.4 Å². The van der Waals surface area contributed by atoms with E-state index in [0.717, 1.165) is 33.5 Å². The van der Waals surface area contributed by atoms with E-state index < -0.39 is 6.23 Å². The summed E-state index contributed by atoms with van der Waals surface area (Å²) in [6.45, 7) is 2.18. The molecule has 1 aliphatic heterocycles. The Hall–Kier alpha value is -2.19. The predicted molar refractivity (Wildman–Crippen MR) is 117 cm³/mol. The highest BCUT2D eigenvalue weighted by atomic mass is 79.9. The highest BCUT2D eigenvalue weighted by Crippen LogP contribution is 2.40. The number of halogens is 2. The molecule has 29 heavy (non-hydrogen) atoms. The van der Waals surface area contributed by atoms with E-state index >= 15 is 0 Å². The first-order valence-electron chi connectivity index (χ1n) is 9.50. The molecule has 0 bridgehead atoms. The van der Waals surface area contributed by atoms with Crippen LogP contribution in [0.2, 0.25) is 0 Å². The number of unbranched alkanes of at least 4 members (excludes halogenated alkanes) is 2. The molecule has 8 heteroatoms. The summed E-state index contributed by atoms with van der Waals surface area (Å²) in [4.78, 5) is 4.63. The number of fused-ring (bicyclic) bond motifs is 3. The first-order chi connectivity index (χ1) is 14.1. The van der Waals surface area contributed by atoms with E-state index in [1.165, 1.54) is 25.0 Å². The second-order valence-electron chi connectivity index (χ2n) is 6.69. The van der Waals surface area contributed by atoms with Crippen LogP contribution in [-0.4, -0.2) is 20.9 Å². The maximum absolute atomic E-state index is 13.4. The first kappa shape index (κ1) is 20.1. The van der Waals surface area contributed by atoms with Crippen LogP contribution in [0.1, 0.15) is 38.0 Å². The Labute approximate surface area is 181 Å². The van der Waals surface area contributed by atoms with Gasteiger partial charge in [0.15, 0.2) is 11.9 Å². The smallest absolute Gasteiger partial charge is 0.247 e. The summed E-state index contributed by atoms with van der Waals surface area (Å²) in [7, 11) is 0. The molecular weight excluding hydrogens is 455 g/mol. The molecule has 1 aromatic heterocycles. The summed E-state index contributed by atoms with van der Waals surface area (Å²) >= 11 is 5.10. The Kier molecular flexibility index (Phi) is 6.30. The third-order valence-electron chi connectivity index (χ3n) is 4.54. The topological polar surface area (TPSA) is 59.9 Å². The van der Waals surface area contributed by atoms with Crippen LogP contribution in [-0.2, 0) is 0 Å². The fraction of sp³-hybridized carbons (Fsp3) is 0.286. The Morgan fingerprint density at radius 3 is 2.76 bits per heavy atom. The normalized spacial score (nSPS) is 14.9. The zero-order valence-electron chi connectivity index (χ0n) is 15.9. The average Bonchev–Trinajstić information content (AvgIpc) is 2.88. The number of hydrogen-bond donors (Lipinski definition) is 1. The Morgan fingerprint density at radius 1 is 1.14 bits per heavy atom. The summed E-state index contributed by atoms with van der Waals surface area (Å²) in [5.74, 6) is 1.06. The van der Waals surface area contributed by atoms with Crippen LogP contribution in [0.3, 0.4) is 0 Å². The monoisotopic (exact) mass is 474 g/mol. The van der Waals surface area contributed by atoms with Gasteiger partial charge in [-0.1, -0.05) is 59.6 Å². The second kappa shape index (κ2) is 9.09. The van der Waals surface area contributed by atoms with E-state index in [1.807, 2.05) is 18.2 Å². The predicted octanol–water partition coefficient (Wildman–Crippen LogP) is 6.23. The molecule has 0 saturated carbocycles. The number of nitrogens with zero attached hydrogens (tertiary/aromatic N) is 3. The van der Waals surface area contributed by atoms with Gasteiger partial charge in [-0.05, 0) is 36.8 Å². The molecule has 150 valence electrons. The Balaban J connectivity index is 1.70. The van der Waals surface area contributed by atoms with E-state index in [0.29, 0.717) is 16.7 Å². The minimum atomic E-state index is -0.522. The van der Waals surface area contributed by atoms with Crippen LogP contribution in [0.15, 0.2) is 52.1 Å². The number of rotatable bonds is 6. The molecule has 5 nitrogen and oxygen atoms in total. The molecule has 0 saturated heterocycles. The Bertz CT molecular complexity index is 1000. The van der Waals surface area contributed by atoms with Crippen molar-refractivity contribution in [2.45, 2.75) is 37.6 Å². The van der Waals surface area contributed by atoms with Crippen LogP contribution in [0.5, 0.6) is 5.88 Å². The zero-order valence-corrected chi connectivity index (χ0v) is 18.3. The van der Waals surface area contributed by atoms with Crippen molar-refractivity contribution in [3.63, 3.8) is 0 Å². The fourth-order valence-electron chi connectivity index (χ4n) is 3.04. The van der Waals surface area contributed by atoms with Crippen molar-refractivity contribution in [2.75, 3.05) is 11.1 Å². The maximum Gasteiger partial charge on any atom is 0.247 e. The highest BCUT2D eigenvalue weighted by molar-refractivity contribution is 9.10. The molecule has 1 atom stereocenters. The van der Waals surface area contributed by atoms with Crippen LogP contribution < -0.4 is 10.1 Å². The van der Waals surface area contributed by atoms with Crippen molar-refractivity contribution >= 4 is 33.4 Å². The largest absolute Gasteiger partial charge is 0.448 e. The van der Waals surface area contributed by atoms with Gasteiger partial charge in [0.05, 0.1) is 0 Å². The molecule has 0 amide bonds. The first-order valence-corrected chi connectivity index (χ1v) is 11.3. The summed E-state index contributed by atoms with van der Waals surface area (Å²) in [5, 5.41) is 12.7. The van der Waals surface area contributed by atoms with Gasteiger partial charge in [0, 0.05) is 27.0 Å². The molecular formula is C21H20BrFN4OS. The molecule has 0 radical (unpaired) electrons. The van der Waals surface area contributed by atoms with Gasteiger partial charge < -0.3 is 10.1 Å². The molecule has 4 rings (SSSR count). The summed E-state index contributed by atoms with van der Waals surface area (Å²) in [6.07, 6.45) is 2.94. The SMILES string of the molecule is CCCCCSc1nnc2c(n1)O[C@H](c1ccc(F)cc1)Nc1ccc(Br)cc1-2. The third-order valence-corrected chi connectivity index (χ3v) is 5.96. The second-order valence-corrected chi connectivity index (χ2v) is 8.67. The molecule has 1 N–H and O–H groups in total. The van der Waals surface area contributed by atoms with Crippen LogP contribution in [0.4, 0.5) is 10.1 Å². The van der Waals surface area contributed by atoms with Crippen molar-refractivity contribution in [1.82, 2.24) is 15.2 Å². The van der Waals surface area contributed by atoms with Gasteiger partial charge in [-0.15, -0.1) is 10.2 Å². The summed E-state index contributed by atoms with van der Waals surface area (Å²) in [5.41, 5.74) is 3.07. The van der Waals surface area contributed by atoms with E-state index in [1.54, 1.807) is 23.9 Å². The van der Waals surface area contributed by atoms with Crippen molar-refractivity contribution in [3.8, 4) is 17.1 Å². The lowest BCUT2D eigenvalue weighted by Crippen LogP contribution is -2.17. The molecule has 0 fully saturated rings. The summed E-state index contributed by atoms with van der Waals surface area (Å²) < 4.78 is 20.5. The zero-order chi connectivity index (χ0) is 20.2. The van der Waals surface area contributed by atoms with Gasteiger partial charge in [-0.25, -0.2) is 4.39 Å². The molecule has 1 aliphatic rings. The number of benzene rings is 2. The van der Waals surface area contributed by atoms with Gasteiger partial charge in [0.1, 0.15) is 5.82 Å². The maximum atomic E-state index is 13.4.